The van der Waals surface area contributed by atoms with Crippen molar-refractivity contribution in [3.05, 3.63) is 26.9 Å². The van der Waals surface area contributed by atoms with Gasteiger partial charge in [0.05, 0.1) is 11.3 Å². The number of aliphatic hydroxyl groups is 3. The number of rotatable bonds is 4. The van der Waals surface area contributed by atoms with Crippen LogP contribution in [0.4, 0.5) is 0 Å². The van der Waals surface area contributed by atoms with Crippen molar-refractivity contribution in [2.45, 2.75) is 51.4 Å². The first-order valence-corrected chi connectivity index (χ1v) is 9.14. The third-order valence-corrected chi connectivity index (χ3v) is 5.40. The number of amides is 1. The second kappa shape index (κ2) is 7.56. The molecule has 0 bridgehead atoms. The van der Waals surface area contributed by atoms with Gasteiger partial charge in [0.1, 0.15) is 30.1 Å². The summed E-state index contributed by atoms with van der Waals surface area (Å²) in [6.07, 6.45) is -5.04. The van der Waals surface area contributed by atoms with Gasteiger partial charge in [-0.3, -0.25) is 4.79 Å². The zero-order chi connectivity index (χ0) is 19.9. The van der Waals surface area contributed by atoms with Crippen LogP contribution in [0, 0.1) is 13.8 Å². The highest BCUT2D eigenvalue weighted by Gasteiger charge is 2.46. The van der Waals surface area contributed by atoms with Gasteiger partial charge in [-0.1, -0.05) is 11.3 Å². The Morgan fingerprint density at radius 3 is 2.63 bits per heavy atom. The van der Waals surface area contributed by atoms with Crippen LogP contribution in [0.2, 0.25) is 0 Å². The lowest BCUT2D eigenvalue weighted by molar-refractivity contribution is -0.244. The van der Waals surface area contributed by atoms with E-state index in [0.717, 1.165) is 11.3 Å². The molecule has 0 radical (unpaired) electrons. The average Bonchev–Trinajstić information content (AvgIpc) is 2.99. The molecule has 2 aromatic rings. The van der Waals surface area contributed by atoms with Crippen molar-refractivity contribution in [2.24, 2.45) is 0 Å². The van der Waals surface area contributed by atoms with Gasteiger partial charge in [-0.25, -0.2) is 4.79 Å². The van der Waals surface area contributed by atoms with E-state index in [1.807, 2.05) is 0 Å². The Labute approximate surface area is 158 Å². The first-order valence-electron chi connectivity index (χ1n) is 8.33. The predicted octanol–water partition coefficient (Wildman–Crippen LogP) is -0.206. The van der Waals surface area contributed by atoms with Crippen molar-refractivity contribution >= 4 is 27.5 Å². The molecule has 1 saturated heterocycles. The highest BCUT2D eigenvalue weighted by molar-refractivity contribution is 7.16. The number of aryl methyl sites for hydroxylation is 1. The third-order valence-electron chi connectivity index (χ3n) is 4.63. The molecule has 0 saturated carbocycles. The molecule has 1 amide bonds. The van der Waals surface area contributed by atoms with Crippen LogP contribution in [-0.4, -0.2) is 58.5 Å². The van der Waals surface area contributed by atoms with Gasteiger partial charge in [0.25, 0.3) is 0 Å². The lowest BCUT2D eigenvalue weighted by Crippen LogP contribution is -2.65. The second-order valence-corrected chi connectivity index (χ2v) is 7.43. The molecule has 1 aromatic carbocycles. The van der Waals surface area contributed by atoms with Gasteiger partial charge in [0, 0.05) is 13.0 Å². The Kier molecular flexibility index (Phi) is 5.54. The second-order valence-electron chi connectivity index (χ2n) is 6.46. The van der Waals surface area contributed by atoms with Crippen molar-refractivity contribution in [3.8, 4) is 5.75 Å². The Morgan fingerprint density at radius 2 is 2.00 bits per heavy atom. The van der Waals surface area contributed by atoms with Gasteiger partial charge in [0.2, 0.25) is 12.2 Å². The fourth-order valence-electron chi connectivity index (χ4n) is 3.05. The molecule has 1 aromatic heterocycles. The van der Waals surface area contributed by atoms with Crippen LogP contribution >= 0.6 is 11.3 Å². The topological polar surface area (TPSA) is 138 Å². The molecule has 1 aliphatic rings. The van der Waals surface area contributed by atoms with E-state index in [1.165, 1.54) is 6.92 Å². The van der Waals surface area contributed by atoms with Crippen molar-refractivity contribution in [3.63, 3.8) is 0 Å². The quantitative estimate of drug-likeness (QED) is 0.554. The van der Waals surface area contributed by atoms with Crippen LogP contribution in [0.5, 0.6) is 5.75 Å². The highest BCUT2D eigenvalue weighted by atomic mass is 32.1. The van der Waals surface area contributed by atoms with E-state index < -0.39 is 48.1 Å². The van der Waals surface area contributed by atoms with E-state index in [1.54, 1.807) is 19.9 Å². The summed E-state index contributed by atoms with van der Waals surface area (Å²) < 4.78 is 17.2. The van der Waals surface area contributed by atoms with Crippen LogP contribution in [0.15, 0.2) is 15.3 Å². The Morgan fingerprint density at radius 1 is 1.30 bits per heavy atom. The van der Waals surface area contributed by atoms with Gasteiger partial charge in [-0.15, -0.1) is 0 Å². The van der Waals surface area contributed by atoms with Crippen LogP contribution in [0.25, 0.3) is 10.3 Å². The summed E-state index contributed by atoms with van der Waals surface area (Å²) in [5, 5.41) is 32.3. The number of aliphatic hydroxyl groups excluding tert-OH is 3. The number of carbonyl (C=O) groups is 1. The lowest BCUT2D eigenvalue weighted by Gasteiger charge is -2.42. The van der Waals surface area contributed by atoms with Gasteiger partial charge in [-0.2, -0.15) is 0 Å². The van der Waals surface area contributed by atoms with Crippen molar-refractivity contribution in [1.82, 2.24) is 5.32 Å². The van der Waals surface area contributed by atoms with Crippen molar-refractivity contribution < 1.29 is 34.0 Å². The summed E-state index contributed by atoms with van der Waals surface area (Å²) in [6.45, 7) is 4.28. The van der Waals surface area contributed by atoms with Gasteiger partial charge < -0.3 is 34.5 Å². The summed E-state index contributed by atoms with van der Waals surface area (Å²) in [7, 11) is 0. The number of nitrogens with one attached hydrogen (secondary N) is 1. The van der Waals surface area contributed by atoms with E-state index in [0.29, 0.717) is 27.2 Å². The molecule has 0 aliphatic carbocycles. The van der Waals surface area contributed by atoms with Gasteiger partial charge in [-0.05, 0) is 25.0 Å². The lowest BCUT2D eigenvalue weighted by atomic mass is 9.97. The maximum atomic E-state index is 11.5. The minimum Gasteiger partial charge on any atom is -0.462 e. The number of ether oxygens (including phenoxy) is 2. The van der Waals surface area contributed by atoms with Gasteiger partial charge >= 0.3 is 4.94 Å². The molecule has 0 unspecified atom stereocenters. The van der Waals surface area contributed by atoms with E-state index in [9.17, 15) is 24.9 Å². The molecule has 1 fully saturated rings. The number of benzene rings is 1. The Bertz CT molecular complexity index is 906. The molecular weight excluding hydrogens is 378 g/mol. The normalized spacial score (nSPS) is 28.3. The molecule has 5 atom stereocenters. The molecule has 0 spiro atoms. The molecule has 4 N–H and O–H groups in total. The zero-order valence-electron chi connectivity index (χ0n) is 15.0. The van der Waals surface area contributed by atoms with Crippen LogP contribution in [0.3, 0.4) is 0 Å². The summed E-state index contributed by atoms with van der Waals surface area (Å²) in [5.74, 6) is -0.0695. The first-order chi connectivity index (χ1) is 12.7. The maximum absolute atomic E-state index is 11.5. The number of hydrogen-bond acceptors (Lipinski definition) is 9. The van der Waals surface area contributed by atoms with Crippen molar-refractivity contribution in [2.75, 3.05) is 6.61 Å². The largest absolute Gasteiger partial charge is 0.462 e. The summed E-state index contributed by atoms with van der Waals surface area (Å²) in [5.41, 5.74) is 1.88. The standard InChI is InChI=1S/C17H21NO8S/c1-6-7(2)15-11(27-17(23)26-15)4-9(6)24-16-12(18-8(3)20)14(22)13(21)10(5-19)25-16/h4,10,12-14,16,19,21-22H,5H2,1-3H3,(H,18,20)/t10-,12-,13+,14-,16+/m0/s1. The maximum Gasteiger partial charge on any atom is 0.396 e. The summed E-state index contributed by atoms with van der Waals surface area (Å²) in [6, 6.07) is 0.561. The van der Waals surface area contributed by atoms with Crippen LogP contribution < -0.4 is 15.0 Å². The molecule has 1 aliphatic heterocycles. The first kappa shape index (κ1) is 19.8. The molecule has 2 heterocycles. The molecular formula is C17H21NO8S. The van der Waals surface area contributed by atoms with Crippen LogP contribution in [0.1, 0.15) is 18.1 Å². The average molecular weight is 399 g/mol. The van der Waals surface area contributed by atoms with Crippen LogP contribution in [-0.2, 0) is 9.53 Å². The third kappa shape index (κ3) is 3.71. The molecule has 27 heavy (non-hydrogen) atoms. The molecule has 3 rings (SSSR count). The smallest absolute Gasteiger partial charge is 0.396 e. The Balaban J connectivity index is 1.97. The Hall–Kier alpha value is -1.98. The fraction of sp³-hybridized carbons (Fsp3) is 0.529. The summed E-state index contributed by atoms with van der Waals surface area (Å²) in [4.78, 5) is 22.6. The number of hydrogen-bond donors (Lipinski definition) is 4. The van der Waals surface area contributed by atoms with Gasteiger partial charge in [0.15, 0.2) is 5.58 Å². The predicted molar refractivity (Wildman–Crippen MR) is 95.8 cm³/mol. The molecule has 10 heteroatoms. The highest BCUT2D eigenvalue weighted by Crippen LogP contribution is 2.33. The monoisotopic (exact) mass is 399 g/mol. The minimum atomic E-state index is -1.40. The molecule has 9 nitrogen and oxygen atoms in total. The number of carbonyl (C=O) groups excluding carboxylic acids is 1. The van der Waals surface area contributed by atoms with E-state index in [-0.39, 0.29) is 0 Å². The van der Waals surface area contributed by atoms with Crippen molar-refractivity contribution in [1.29, 1.82) is 0 Å². The van der Waals surface area contributed by atoms with E-state index in [2.05, 4.69) is 5.32 Å². The van der Waals surface area contributed by atoms with E-state index >= 15 is 0 Å². The minimum absolute atomic E-state index is 0.373. The zero-order valence-corrected chi connectivity index (χ0v) is 15.8. The summed E-state index contributed by atoms with van der Waals surface area (Å²) >= 11 is 0.926. The van der Waals surface area contributed by atoms with E-state index in [4.69, 9.17) is 13.9 Å². The fourth-order valence-corrected chi connectivity index (χ4v) is 3.81. The SMILES string of the molecule is CC(=O)N[C@@H]1[C@H](Oc2cc3sc(=O)oc3c(C)c2C)O[C@@H](CO)[C@@H](O)[C@H]1O. The molecule has 148 valence electrons. The number of fused-ring (bicyclic) bond motifs is 1.